The fourth-order valence-corrected chi connectivity index (χ4v) is 1.55. The molecule has 4 N–H and O–H groups in total. The summed E-state index contributed by atoms with van der Waals surface area (Å²) in [4.78, 5) is 15.8. The van der Waals surface area contributed by atoms with Crippen molar-refractivity contribution in [1.29, 1.82) is 0 Å². The van der Waals surface area contributed by atoms with Gasteiger partial charge in [-0.25, -0.2) is 0 Å². The Morgan fingerprint density at radius 1 is 1.24 bits per heavy atom. The van der Waals surface area contributed by atoms with Crippen LogP contribution in [0.1, 0.15) is 10.5 Å². The smallest absolute Gasteiger partial charge is 0.269 e. The van der Waals surface area contributed by atoms with E-state index in [0.29, 0.717) is 18.8 Å². The van der Waals surface area contributed by atoms with Crippen molar-refractivity contribution in [3.8, 4) is 0 Å². The van der Waals surface area contributed by atoms with Crippen LogP contribution in [0.3, 0.4) is 0 Å². The molecule has 5 nitrogen and oxygen atoms in total. The number of fused-ring (bicyclic) bond motifs is 1. The number of nitrogens with one attached hydrogen (secondary N) is 2. The molecule has 0 atom stereocenters. The molecule has 1 aromatic carbocycles. The normalized spacial score (nSPS) is 10.4. The number of pyridine rings is 1. The van der Waals surface area contributed by atoms with Gasteiger partial charge in [0.2, 0.25) is 0 Å². The standard InChI is InChI=1S/C12H14N4O/c13-16-6-5-14-12(17)11-7-9-3-1-2-4-10(9)8-15-11/h1-4,7-8,16H,5-6,13H2,(H,14,17). The molecular formula is C12H14N4O. The summed E-state index contributed by atoms with van der Waals surface area (Å²) in [6.45, 7) is 1.00. The Kier molecular flexibility index (Phi) is 3.64. The minimum atomic E-state index is -0.189. The van der Waals surface area contributed by atoms with Crippen LogP contribution in [0.2, 0.25) is 0 Å². The molecule has 0 bridgehead atoms. The Hall–Kier alpha value is -1.98. The third kappa shape index (κ3) is 2.77. The average molecular weight is 230 g/mol. The molecule has 0 unspecified atom stereocenters. The summed E-state index contributed by atoms with van der Waals surface area (Å²) in [6, 6.07) is 9.57. The predicted molar refractivity (Wildman–Crippen MR) is 66.3 cm³/mol. The summed E-state index contributed by atoms with van der Waals surface area (Å²) in [6.07, 6.45) is 1.70. The highest BCUT2D eigenvalue weighted by Gasteiger charge is 2.06. The molecular weight excluding hydrogens is 216 g/mol. The maximum Gasteiger partial charge on any atom is 0.269 e. The second-order valence-electron chi connectivity index (χ2n) is 3.63. The number of hydrogen-bond acceptors (Lipinski definition) is 4. The fraction of sp³-hybridized carbons (Fsp3) is 0.167. The van der Waals surface area contributed by atoms with Crippen LogP contribution in [0.4, 0.5) is 0 Å². The summed E-state index contributed by atoms with van der Waals surface area (Å²) in [5.41, 5.74) is 2.89. The number of carbonyl (C=O) groups excluding carboxylic acids is 1. The van der Waals surface area contributed by atoms with E-state index in [1.54, 1.807) is 12.3 Å². The molecule has 0 aliphatic rings. The zero-order valence-corrected chi connectivity index (χ0v) is 9.31. The molecule has 0 aliphatic carbocycles. The van der Waals surface area contributed by atoms with Crippen LogP contribution in [-0.2, 0) is 0 Å². The number of nitrogens with zero attached hydrogens (tertiary/aromatic N) is 1. The van der Waals surface area contributed by atoms with E-state index in [-0.39, 0.29) is 5.91 Å². The SMILES string of the molecule is NNCCNC(=O)c1cc2ccccc2cn1. The van der Waals surface area contributed by atoms with Crippen molar-refractivity contribution in [3.05, 3.63) is 42.2 Å². The third-order valence-electron chi connectivity index (χ3n) is 2.42. The van der Waals surface area contributed by atoms with E-state index in [4.69, 9.17) is 5.84 Å². The first-order valence-corrected chi connectivity index (χ1v) is 5.38. The molecule has 1 amide bonds. The van der Waals surface area contributed by atoms with Crippen molar-refractivity contribution in [3.63, 3.8) is 0 Å². The monoisotopic (exact) mass is 230 g/mol. The Morgan fingerprint density at radius 3 is 2.76 bits per heavy atom. The van der Waals surface area contributed by atoms with Gasteiger partial charge in [0.15, 0.2) is 0 Å². The zero-order chi connectivity index (χ0) is 12.1. The number of carbonyl (C=O) groups is 1. The van der Waals surface area contributed by atoms with E-state index in [9.17, 15) is 4.79 Å². The van der Waals surface area contributed by atoms with Crippen LogP contribution >= 0.6 is 0 Å². The number of nitrogens with two attached hydrogens (primary N) is 1. The Morgan fingerprint density at radius 2 is 2.00 bits per heavy atom. The number of hydrogen-bond donors (Lipinski definition) is 3. The summed E-state index contributed by atoms with van der Waals surface area (Å²) >= 11 is 0. The lowest BCUT2D eigenvalue weighted by Crippen LogP contribution is -2.35. The van der Waals surface area contributed by atoms with Gasteiger partial charge in [-0.1, -0.05) is 24.3 Å². The molecule has 17 heavy (non-hydrogen) atoms. The first-order valence-electron chi connectivity index (χ1n) is 5.38. The van der Waals surface area contributed by atoms with E-state index in [0.717, 1.165) is 10.8 Å². The minimum absolute atomic E-state index is 0.189. The molecule has 2 aromatic rings. The van der Waals surface area contributed by atoms with Gasteiger partial charge < -0.3 is 5.32 Å². The van der Waals surface area contributed by atoms with Gasteiger partial charge in [0, 0.05) is 24.7 Å². The first-order chi connectivity index (χ1) is 8.31. The van der Waals surface area contributed by atoms with Crippen LogP contribution in [0.25, 0.3) is 10.8 Å². The number of amides is 1. The minimum Gasteiger partial charge on any atom is -0.349 e. The maximum absolute atomic E-state index is 11.7. The molecule has 0 radical (unpaired) electrons. The van der Waals surface area contributed by atoms with Gasteiger partial charge in [0.05, 0.1) is 0 Å². The van der Waals surface area contributed by atoms with E-state index < -0.39 is 0 Å². The molecule has 5 heteroatoms. The fourth-order valence-electron chi connectivity index (χ4n) is 1.55. The van der Waals surface area contributed by atoms with Crippen LogP contribution in [0.15, 0.2) is 36.5 Å². The Balaban J connectivity index is 2.15. The van der Waals surface area contributed by atoms with Gasteiger partial charge in [-0.15, -0.1) is 0 Å². The van der Waals surface area contributed by atoms with E-state index in [1.807, 2.05) is 24.3 Å². The molecule has 0 fully saturated rings. The van der Waals surface area contributed by atoms with Crippen molar-refractivity contribution in [2.24, 2.45) is 5.84 Å². The van der Waals surface area contributed by atoms with Crippen molar-refractivity contribution in [2.75, 3.05) is 13.1 Å². The number of hydrazine groups is 1. The van der Waals surface area contributed by atoms with Gasteiger partial charge in [-0.05, 0) is 11.5 Å². The molecule has 88 valence electrons. The lowest BCUT2D eigenvalue weighted by Gasteiger charge is -2.04. The van der Waals surface area contributed by atoms with Crippen LogP contribution in [-0.4, -0.2) is 24.0 Å². The van der Waals surface area contributed by atoms with Crippen LogP contribution in [0.5, 0.6) is 0 Å². The second-order valence-corrected chi connectivity index (χ2v) is 3.63. The highest BCUT2D eigenvalue weighted by Crippen LogP contribution is 2.12. The Labute approximate surface area is 99.0 Å². The highest BCUT2D eigenvalue weighted by atomic mass is 16.1. The number of rotatable bonds is 4. The molecule has 1 heterocycles. The lowest BCUT2D eigenvalue weighted by atomic mass is 10.1. The zero-order valence-electron chi connectivity index (χ0n) is 9.31. The largest absolute Gasteiger partial charge is 0.349 e. The average Bonchev–Trinajstić information content (AvgIpc) is 2.38. The molecule has 1 aromatic heterocycles. The summed E-state index contributed by atoms with van der Waals surface area (Å²) < 4.78 is 0. The van der Waals surface area contributed by atoms with Gasteiger partial charge in [-0.3, -0.25) is 21.0 Å². The maximum atomic E-state index is 11.7. The van der Waals surface area contributed by atoms with Crippen LogP contribution < -0.4 is 16.6 Å². The van der Waals surface area contributed by atoms with E-state index in [2.05, 4.69) is 15.7 Å². The van der Waals surface area contributed by atoms with Gasteiger partial charge >= 0.3 is 0 Å². The first kappa shape index (κ1) is 11.5. The summed E-state index contributed by atoms with van der Waals surface area (Å²) in [7, 11) is 0. The topological polar surface area (TPSA) is 80.0 Å². The van der Waals surface area contributed by atoms with E-state index >= 15 is 0 Å². The summed E-state index contributed by atoms with van der Waals surface area (Å²) in [5, 5.41) is 4.75. The van der Waals surface area contributed by atoms with Gasteiger partial charge in [-0.2, -0.15) is 0 Å². The van der Waals surface area contributed by atoms with Crippen LogP contribution in [0, 0.1) is 0 Å². The molecule has 0 saturated heterocycles. The molecule has 2 rings (SSSR count). The lowest BCUT2D eigenvalue weighted by molar-refractivity contribution is 0.0949. The van der Waals surface area contributed by atoms with Gasteiger partial charge in [0.25, 0.3) is 5.91 Å². The molecule has 0 aliphatic heterocycles. The molecule has 0 saturated carbocycles. The van der Waals surface area contributed by atoms with E-state index in [1.165, 1.54) is 0 Å². The van der Waals surface area contributed by atoms with Gasteiger partial charge in [0.1, 0.15) is 5.69 Å². The van der Waals surface area contributed by atoms with Crippen molar-refractivity contribution < 1.29 is 4.79 Å². The number of aromatic nitrogens is 1. The second kappa shape index (κ2) is 5.38. The highest BCUT2D eigenvalue weighted by molar-refractivity contribution is 5.96. The van der Waals surface area contributed by atoms with Crippen molar-refractivity contribution in [1.82, 2.24) is 15.7 Å². The van der Waals surface area contributed by atoms with Crippen molar-refractivity contribution in [2.45, 2.75) is 0 Å². The summed E-state index contributed by atoms with van der Waals surface area (Å²) in [5.74, 6) is 4.92. The number of benzene rings is 1. The molecule has 0 spiro atoms. The quantitative estimate of drug-likeness (QED) is 0.404. The van der Waals surface area contributed by atoms with Crippen molar-refractivity contribution >= 4 is 16.7 Å². The Bertz CT molecular complexity index is 527. The third-order valence-corrected chi connectivity index (χ3v) is 2.42. The predicted octanol–water partition coefficient (Wildman–Crippen LogP) is 0.428.